The Morgan fingerprint density at radius 2 is 1.75 bits per heavy atom. The topological polar surface area (TPSA) is 39.7 Å². The monoisotopic (exact) mass is 281 g/mol. The van der Waals surface area contributed by atoms with E-state index in [0.717, 1.165) is 12.3 Å². The fourth-order valence-electron chi connectivity index (χ4n) is 2.30. The molecule has 0 spiro atoms. The van der Waals surface area contributed by atoms with Gasteiger partial charge in [-0.05, 0) is 38.1 Å². The maximum absolute atomic E-state index is 6.00. The summed E-state index contributed by atoms with van der Waals surface area (Å²) in [7, 11) is 3.37. The van der Waals surface area contributed by atoms with Crippen LogP contribution in [0.5, 0.6) is 5.75 Å². The molecule has 0 aliphatic rings. The van der Waals surface area contributed by atoms with Gasteiger partial charge >= 0.3 is 0 Å². The number of benzene rings is 1. The summed E-state index contributed by atoms with van der Waals surface area (Å²) in [4.78, 5) is 0. The van der Waals surface area contributed by atoms with Gasteiger partial charge in [0.25, 0.3) is 0 Å². The summed E-state index contributed by atoms with van der Waals surface area (Å²) in [5.41, 5.74) is 1.20. The van der Waals surface area contributed by atoms with Crippen molar-refractivity contribution in [1.29, 1.82) is 0 Å². The zero-order chi connectivity index (χ0) is 15.0. The number of nitrogens with one attached hydrogen (secondary N) is 1. The van der Waals surface area contributed by atoms with Gasteiger partial charge in [-0.3, -0.25) is 0 Å². The molecule has 0 aliphatic carbocycles. The van der Waals surface area contributed by atoms with E-state index in [-0.39, 0.29) is 18.2 Å². The first-order valence-electron chi connectivity index (χ1n) is 7.14. The minimum atomic E-state index is 0.0634. The lowest BCUT2D eigenvalue weighted by atomic mass is 10.0. The number of rotatable bonds is 9. The lowest BCUT2D eigenvalue weighted by Crippen LogP contribution is -2.34. The maximum atomic E-state index is 6.00. The minimum Gasteiger partial charge on any atom is -0.497 e. The van der Waals surface area contributed by atoms with E-state index in [4.69, 9.17) is 14.2 Å². The lowest BCUT2D eigenvalue weighted by molar-refractivity contribution is -0.0455. The second-order valence-electron chi connectivity index (χ2n) is 4.92. The van der Waals surface area contributed by atoms with Gasteiger partial charge in [0.1, 0.15) is 5.75 Å². The van der Waals surface area contributed by atoms with Crippen LogP contribution in [0.4, 0.5) is 0 Å². The van der Waals surface area contributed by atoms with Crippen molar-refractivity contribution in [2.24, 2.45) is 0 Å². The van der Waals surface area contributed by atoms with Crippen LogP contribution in [0.25, 0.3) is 0 Å². The molecular weight excluding hydrogens is 254 g/mol. The molecule has 0 bridgehead atoms. The van der Waals surface area contributed by atoms with Crippen molar-refractivity contribution in [3.63, 3.8) is 0 Å². The SMILES string of the molecule is CCNC(c1ccc(OC)cc1)C(C)OC(C)COC. The first kappa shape index (κ1) is 17.0. The third-order valence-electron chi connectivity index (χ3n) is 3.22. The zero-order valence-electron chi connectivity index (χ0n) is 13.2. The molecule has 0 saturated heterocycles. The van der Waals surface area contributed by atoms with Crippen LogP contribution in [-0.4, -0.2) is 39.6 Å². The highest BCUT2D eigenvalue weighted by Crippen LogP contribution is 2.22. The van der Waals surface area contributed by atoms with Gasteiger partial charge in [-0.2, -0.15) is 0 Å². The number of hydrogen-bond acceptors (Lipinski definition) is 4. The van der Waals surface area contributed by atoms with Gasteiger partial charge in [-0.25, -0.2) is 0 Å². The van der Waals surface area contributed by atoms with E-state index in [2.05, 4.69) is 31.3 Å². The molecule has 0 saturated carbocycles. The summed E-state index contributed by atoms with van der Waals surface area (Å²) in [5, 5.41) is 3.48. The van der Waals surface area contributed by atoms with Crippen molar-refractivity contribution in [3.05, 3.63) is 29.8 Å². The molecule has 0 fully saturated rings. The normalized spacial score (nSPS) is 15.7. The van der Waals surface area contributed by atoms with Crippen LogP contribution in [0.2, 0.25) is 0 Å². The van der Waals surface area contributed by atoms with E-state index < -0.39 is 0 Å². The summed E-state index contributed by atoms with van der Waals surface area (Å²) in [6.07, 6.45) is 0.142. The van der Waals surface area contributed by atoms with Gasteiger partial charge < -0.3 is 19.5 Å². The van der Waals surface area contributed by atoms with Gasteiger partial charge in [-0.1, -0.05) is 19.1 Å². The van der Waals surface area contributed by atoms with Gasteiger partial charge in [0.05, 0.1) is 32.0 Å². The Morgan fingerprint density at radius 1 is 1.10 bits per heavy atom. The van der Waals surface area contributed by atoms with Crippen LogP contribution in [0.3, 0.4) is 0 Å². The second-order valence-corrected chi connectivity index (χ2v) is 4.92. The Bertz CT molecular complexity index is 366. The summed E-state index contributed by atoms with van der Waals surface area (Å²) in [6.45, 7) is 7.71. The molecule has 4 heteroatoms. The average Bonchev–Trinajstić information content (AvgIpc) is 2.45. The standard InChI is InChI=1S/C16H27NO3/c1-6-17-16(13(3)20-12(2)11-18-4)14-7-9-15(19-5)10-8-14/h7-10,12-13,16-17H,6,11H2,1-5H3. The molecule has 1 rings (SSSR count). The molecule has 0 aliphatic heterocycles. The molecule has 3 unspecified atom stereocenters. The highest BCUT2D eigenvalue weighted by molar-refractivity contribution is 5.29. The molecule has 1 N–H and O–H groups in total. The Labute approximate surface area is 122 Å². The van der Waals surface area contributed by atoms with Gasteiger partial charge in [0, 0.05) is 7.11 Å². The fraction of sp³-hybridized carbons (Fsp3) is 0.625. The van der Waals surface area contributed by atoms with Crippen LogP contribution >= 0.6 is 0 Å². The van der Waals surface area contributed by atoms with E-state index >= 15 is 0 Å². The molecule has 4 nitrogen and oxygen atoms in total. The molecule has 1 aromatic carbocycles. The number of methoxy groups -OCH3 is 2. The molecule has 3 atom stereocenters. The Hall–Kier alpha value is -1.10. The van der Waals surface area contributed by atoms with Crippen LogP contribution in [0, 0.1) is 0 Å². The molecule has 0 radical (unpaired) electrons. The summed E-state index contributed by atoms with van der Waals surface area (Å²) >= 11 is 0. The van der Waals surface area contributed by atoms with Crippen molar-refractivity contribution in [2.75, 3.05) is 27.4 Å². The Morgan fingerprint density at radius 3 is 2.25 bits per heavy atom. The third-order valence-corrected chi connectivity index (χ3v) is 3.22. The predicted octanol–water partition coefficient (Wildman–Crippen LogP) is 2.79. The quantitative estimate of drug-likeness (QED) is 0.755. The fourth-order valence-corrected chi connectivity index (χ4v) is 2.30. The van der Waals surface area contributed by atoms with Gasteiger partial charge in [0.15, 0.2) is 0 Å². The molecule has 0 aromatic heterocycles. The van der Waals surface area contributed by atoms with Crippen molar-refractivity contribution < 1.29 is 14.2 Å². The molecule has 114 valence electrons. The number of hydrogen-bond donors (Lipinski definition) is 1. The average molecular weight is 281 g/mol. The summed E-state index contributed by atoms with van der Waals surface area (Å²) < 4.78 is 16.3. The molecular formula is C16H27NO3. The predicted molar refractivity (Wildman–Crippen MR) is 81.3 cm³/mol. The van der Waals surface area contributed by atoms with Crippen LogP contribution < -0.4 is 10.1 Å². The van der Waals surface area contributed by atoms with Crippen LogP contribution in [-0.2, 0) is 9.47 Å². The largest absolute Gasteiger partial charge is 0.497 e. The smallest absolute Gasteiger partial charge is 0.118 e. The maximum Gasteiger partial charge on any atom is 0.118 e. The van der Waals surface area contributed by atoms with Crippen molar-refractivity contribution in [3.8, 4) is 5.75 Å². The van der Waals surface area contributed by atoms with E-state index in [1.54, 1.807) is 14.2 Å². The Kier molecular flexibility index (Phi) is 7.59. The van der Waals surface area contributed by atoms with Crippen LogP contribution in [0.15, 0.2) is 24.3 Å². The van der Waals surface area contributed by atoms with Crippen molar-refractivity contribution >= 4 is 0 Å². The van der Waals surface area contributed by atoms with E-state index in [0.29, 0.717) is 6.61 Å². The molecule has 0 heterocycles. The van der Waals surface area contributed by atoms with E-state index in [1.807, 2.05) is 19.1 Å². The van der Waals surface area contributed by atoms with Gasteiger partial charge in [-0.15, -0.1) is 0 Å². The van der Waals surface area contributed by atoms with Crippen molar-refractivity contribution in [2.45, 2.75) is 39.0 Å². The molecule has 1 aromatic rings. The minimum absolute atomic E-state index is 0.0634. The molecule has 0 amide bonds. The van der Waals surface area contributed by atoms with Crippen LogP contribution in [0.1, 0.15) is 32.4 Å². The number of likely N-dealkylation sites (N-methyl/N-ethyl adjacent to an activating group) is 1. The summed E-state index contributed by atoms with van der Waals surface area (Å²) in [6, 6.07) is 8.26. The second kappa shape index (κ2) is 8.95. The summed E-state index contributed by atoms with van der Waals surface area (Å²) in [5.74, 6) is 0.866. The first-order valence-corrected chi connectivity index (χ1v) is 7.14. The van der Waals surface area contributed by atoms with Gasteiger partial charge in [0.2, 0.25) is 0 Å². The highest BCUT2D eigenvalue weighted by atomic mass is 16.5. The van der Waals surface area contributed by atoms with E-state index in [9.17, 15) is 0 Å². The molecule has 20 heavy (non-hydrogen) atoms. The third kappa shape index (κ3) is 5.12. The number of ether oxygens (including phenoxy) is 3. The van der Waals surface area contributed by atoms with Crippen molar-refractivity contribution in [1.82, 2.24) is 5.32 Å². The Balaban J connectivity index is 2.75. The highest BCUT2D eigenvalue weighted by Gasteiger charge is 2.21. The first-order chi connectivity index (χ1) is 9.62. The zero-order valence-corrected chi connectivity index (χ0v) is 13.2. The lowest BCUT2D eigenvalue weighted by Gasteiger charge is -2.28. The van der Waals surface area contributed by atoms with E-state index in [1.165, 1.54) is 5.56 Å².